The molecule has 0 fully saturated rings. The van der Waals surface area contributed by atoms with Crippen molar-refractivity contribution in [1.29, 1.82) is 0 Å². The molecular weight excluding hydrogens is 256 g/mol. The highest BCUT2D eigenvalue weighted by Gasteiger charge is 2.08. The summed E-state index contributed by atoms with van der Waals surface area (Å²) < 4.78 is 0. The zero-order valence-corrected chi connectivity index (χ0v) is 12.9. The second-order valence-electron chi connectivity index (χ2n) is 4.68. The van der Waals surface area contributed by atoms with Gasteiger partial charge in [0.1, 0.15) is 17.5 Å². The molecule has 20 heavy (non-hydrogen) atoms. The number of carbonyl (C=O) groups is 1. The summed E-state index contributed by atoms with van der Waals surface area (Å²) >= 11 is 0. The molecule has 0 aromatic carbocycles. The maximum atomic E-state index is 11.4. The maximum Gasteiger partial charge on any atom is 0.316 e. The van der Waals surface area contributed by atoms with Crippen LogP contribution in [0, 0.1) is 13.8 Å². The van der Waals surface area contributed by atoms with Gasteiger partial charge < -0.3 is 20.9 Å². The van der Waals surface area contributed by atoms with Crippen molar-refractivity contribution in [2.45, 2.75) is 20.8 Å². The first-order chi connectivity index (χ1) is 9.45. The van der Waals surface area contributed by atoms with Crippen LogP contribution >= 0.6 is 0 Å². The Bertz CT molecular complexity index is 460. The van der Waals surface area contributed by atoms with Gasteiger partial charge in [0.2, 0.25) is 0 Å². The van der Waals surface area contributed by atoms with Gasteiger partial charge in [-0.3, -0.25) is 0 Å². The molecule has 0 spiro atoms. The quantitative estimate of drug-likeness (QED) is 0.682. The van der Waals surface area contributed by atoms with E-state index in [-0.39, 0.29) is 6.03 Å². The molecule has 1 aromatic heterocycles. The lowest BCUT2D eigenvalue weighted by Crippen LogP contribution is -2.37. The van der Waals surface area contributed by atoms with Crippen molar-refractivity contribution >= 4 is 17.7 Å². The Balaban J connectivity index is 2.57. The number of nitrogens with zero attached hydrogens (tertiary/aromatic N) is 3. The molecule has 0 aliphatic carbocycles. The first-order valence-corrected chi connectivity index (χ1v) is 6.73. The Morgan fingerprint density at radius 2 is 1.70 bits per heavy atom. The van der Waals surface area contributed by atoms with E-state index in [9.17, 15) is 4.79 Å². The second kappa shape index (κ2) is 7.52. The molecule has 112 valence electrons. The minimum atomic E-state index is -0.101. The maximum absolute atomic E-state index is 11.4. The topological polar surface area (TPSA) is 82.2 Å². The van der Waals surface area contributed by atoms with Crippen LogP contribution < -0.4 is 16.0 Å². The summed E-state index contributed by atoms with van der Waals surface area (Å²) in [5.74, 6) is 2.36. The number of hydrogen-bond donors (Lipinski definition) is 3. The zero-order valence-electron chi connectivity index (χ0n) is 12.9. The molecule has 3 N–H and O–H groups in total. The van der Waals surface area contributed by atoms with Gasteiger partial charge in [-0.05, 0) is 20.8 Å². The lowest BCUT2D eigenvalue weighted by Gasteiger charge is -2.15. The fourth-order valence-electron chi connectivity index (χ4n) is 1.65. The van der Waals surface area contributed by atoms with Gasteiger partial charge in [0.25, 0.3) is 0 Å². The molecule has 0 unspecified atom stereocenters. The van der Waals surface area contributed by atoms with Gasteiger partial charge >= 0.3 is 6.03 Å². The van der Waals surface area contributed by atoms with Crippen molar-refractivity contribution < 1.29 is 4.79 Å². The summed E-state index contributed by atoms with van der Waals surface area (Å²) in [5.41, 5.74) is 0.983. The number of amides is 2. The van der Waals surface area contributed by atoms with Crippen molar-refractivity contribution in [3.05, 3.63) is 11.4 Å². The van der Waals surface area contributed by atoms with E-state index in [0.717, 1.165) is 23.7 Å². The van der Waals surface area contributed by atoms with Crippen LogP contribution in [0.1, 0.15) is 18.3 Å². The molecule has 0 saturated heterocycles. The highest BCUT2D eigenvalue weighted by molar-refractivity contribution is 5.73. The Labute approximate surface area is 120 Å². The van der Waals surface area contributed by atoms with Crippen molar-refractivity contribution in [2.75, 3.05) is 44.4 Å². The van der Waals surface area contributed by atoms with Crippen molar-refractivity contribution in [3.8, 4) is 0 Å². The molecule has 1 aromatic rings. The number of nitrogens with one attached hydrogen (secondary N) is 3. The standard InChI is InChI=1S/C13H24N6O/c1-6-14-11-9(2)12(18-10(3)17-11)15-7-8-16-13(20)19(4)5/h6-8H2,1-5H3,(H,16,20)(H2,14,15,17,18). The van der Waals surface area contributed by atoms with E-state index in [1.807, 2.05) is 20.8 Å². The van der Waals surface area contributed by atoms with Crippen LogP contribution in [0.25, 0.3) is 0 Å². The van der Waals surface area contributed by atoms with E-state index in [1.54, 1.807) is 14.1 Å². The third kappa shape index (κ3) is 4.56. The lowest BCUT2D eigenvalue weighted by atomic mass is 10.3. The monoisotopic (exact) mass is 280 g/mol. The summed E-state index contributed by atoms with van der Waals surface area (Å²) in [5, 5.41) is 9.23. The SMILES string of the molecule is CCNc1nc(C)nc(NCCNC(=O)N(C)C)c1C. The third-order valence-corrected chi connectivity index (χ3v) is 2.70. The summed E-state index contributed by atoms with van der Waals surface area (Å²) in [7, 11) is 3.42. The minimum absolute atomic E-state index is 0.101. The van der Waals surface area contributed by atoms with Gasteiger partial charge in [-0.1, -0.05) is 0 Å². The van der Waals surface area contributed by atoms with E-state index in [0.29, 0.717) is 18.9 Å². The normalized spacial score (nSPS) is 10.1. The number of urea groups is 1. The number of carbonyl (C=O) groups excluding carboxylic acids is 1. The number of rotatable bonds is 6. The van der Waals surface area contributed by atoms with Gasteiger partial charge in [0, 0.05) is 39.3 Å². The van der Waals surface area contributed by atoms with Crippen LogP contribution in [0.4, 0.5) is 16.4 Å². The molecule has 1 heterocycles. The van der Waals surface area contributed by atoms with Gasteiger partial charge in [0.05, 0.1) is 0 Å². The second-order valence-corrected chi connectivity index (χ2v) is 4.68. The number of aromatic nitrogens is 2. The van der Waals surface area contributed by atoms with Crippen LogP contribution in [0.15, 0.2) is 0 Å². The van der Waals surface area contributed by atoms with Gasteiger partial charge in [0.15, 0.2) is 0 Å². The molecule has 0 atom stereocenters. The average molecular weight is 280 g/mol. The van der Waals surface area contributed by atoms with Crippen LogP contribution in [-0.4, -0.2) is 54.6 Å². The zero-order chi connectivity index (χ0) is 15.1. The average Bonchev–Trinajstić information content (AvgIpc) is 2.39. The molecule has 7 nitrogen and oxygen atoms in total. The molecule has 0 saturated carbocycles. The first kappa shape index (κ1) is 16.0. The summed E-state index contributed by atoms with van der Waals surface area (Å²) in [6, 6.07) is -0.101. The summed E-state index contributed by atoms with van der Waals surface area (Å²) in [6.07, 6.45) is 0. The van der Waals surface area contributed by atoms with E-state index < -0.39 is 0 Å². The summed E-state index contributed by atoms with van der Waals surface area (Å²) in [6.45, 7) is 7.83. The highest BCUT2D eigenvalue weighted by atomic mass is 16.2. The van der Waals surface area contributed by atoms with E-state index in [2.05, 4.69) is 25.9 Å². The molecule has 0 aliphatic rings. The smallest absolute Gasteiger partial charge is 0.316 e. The Morgan fingerprint density at radius 1 is 1.10 bits per heavy atom. The van der Waals surface area contributed by atoms with E-state index in [4.69, 9.17) is 0 Å². The molecule has 2 amide bonds. The number of anilines is 2. The predicted octanol–water partition coefficient (Wildman–Crippen LogP) is 1.21. The molecule has 7 heteroatoms. The Hall–Kier alpha value is -2.05. The van der Waals surface area contributed by atoms with Crippen molar-refractivity contribution in [1.82, 2.24) is 20.2 Å². The Kier molecular flexibility index (Phi) is 6.02. The fraction of sp³-hybridized carbons (Fsp3) is 0.615. The van der Waals surface area contributed by atoms with Crippen molar-refractivity contribution in [2.24, 2.45) is 0 Å². The number of aryl methyl sites for hydroxylation is 1. The van der Waals surface area contributed by atoms with Gasteiger partial charge in [-0.25, -0.2) is 14.8 Å². The highest BCUT2D eigenvalue weighted by Crippen LogP contribution is 2.19. The molecule has 1 rings (SSSR count). The van der Waals surface area contributed by atoms with E-state index >= 15 is 0 Å². The van der Waals surface area contributed by atoms with Crippen LogP contribution in [0.2, 0.25) is 0 Å². The Morgan fingerprint density at radius 3 is 2.25 bits per heavy atom. The fourth-order valence-corrected chi connectivity index (χ4v) is 1.65. The van der Waals surface area contributed by atoms with Crippen LogP contribution in [-0.2, 0) is 0 Å². The van der Waals surface area contributed by atoms with Crippen LogP contribution in [0.5, 0.6) is 0 Å². The first-order valence-electron chi connectivity index (χ1n) is 6.73. The molecule has 0 bridgehead atoms. The largest absolute Gasteiger partial charge is 0.370 e. The number of hydrogen-bond acceptors (Lipinski definition) is 5. The lowest BCUT2D eigenvalue weighted by molar-refractivity contribution is 0.218. The third-order valence-electron chi connectivity index (χ3n) is 2.70. The van der Waals surface area contributed by atoms with E-state index in [1.165, 1.54) is 4.90 Å². The van der Waals surface area contributed by atoms with Crippen molar-refractivity contribution in [3.63, 3.8) is 0 Å². The predicted molar refractivity (Wildman–Crippen MR) is 81.2 cm³/mol. The molecule has 0 radical (unpaired) electrons. The van der Waals surface area contributed by atoms with Crippen LogP contribution in [0.3, 0.4) is 0 Å². The van der Waals surface area contributed by atoms with Gasteiger partial charge in [-0.15, -0.1) is 0 Å². The summed E-state index contributed by atoms with van der Waals surface area (Å²) in [4.78, 5) is 21.6. The minimum Gasteiger partial charge on any atom is -0.370 e. The molecule has 0 aliphatic heterocycles. The molecular formula is C13H24N6O. The van der Waals surface area contributed by atoms with Gasteiger partial charge in [-0.2, -0.15) is 0 Å².